The Bertz CT molecular complexity index is 927. The standard InChI is InChI=1S/C20H20F3N3O3/c1-4-13-11-24-10-9-14(13)12-25-18(28)26(17(27)19(25,2)3)15-5-7-16(8-6-15)29-20(21,22)23/h5-11H,4,12H2,1-3H3. The number of carbonyl (C=O) groups is 2. The molecule has 1 aliphatic heterocycles. The SMILES string of the molecule is CCc1cnccc1CN1C(=O)N(c2ccc(OC(F)(F)F)cc2)C(=O)C1(C)C. The van der Waals surface area contributed by atoms with Crippen molar-refractivity contribution >= 4 is 17.6 Å². The number of alkyl halides is 3. The first-order chi connectivity index (χ1) is 13.5. The van der Waals surface area contributed by atoms with Crippen LogP contribution in [0.1, 0.15) is 31.9 Å². The molecule has 2 aromatic rings. The smallest absolute Gasteiger partial charge is 0.406 e. The van der Waals surface area contributed by atoms with Gasteiger partial charge in [0.2, 0.25) is 0 Å². The van der Waals surface area contributed by atoms with Gasteiger partial charge in [0.25, 0.3) is 5.91 Å². The molecule has 0 atom stereocenters. The minimum Gasteiger partial charge on any atom is -0.406 e. The zero-order chi connectivity index (χ0) is 21.4. The summed E-state index contributed by atoms with van der Waals surface area (Å²) in [6, 6.07) is 5.90. The fourth-order valence-electron chi connectivity index (χ4n) is 3.22. The summed E-state index contributed by atoms with van der Waals surface area (Å²) in [6.07, 6.45) is -0.742. The van der Waals surface area contributed by atoms with E-state index in [0.29, 0.717) is 0 Å². The zero-order valence-corrected chi connectivity index (χ0v) is 16.2. The number of benzene rings is 1. The minimum absolute atomic E-state index is 0.176. The van der Waals surface area contributed by atoms with Gasteiger partial charge in [0.1, 0.15) is 11.3 Å². The summed E-state index contributed by atoms with van der Waals surface area (Å²) in [5.41, 5.74) is 0.908. The van der Waals surface area contributed by atoms with Crippen LogP contribution in [0.25, 0.3) is 0 Å². The molecular weight excluding hydrogens is 387 g/mol. The molecule has 3 rings (SSSR count). The lowest BCUT2D eigenvalue weighted by atomic mass is 10.0. The number of carbonyl (C=O) groups excluding carboxylic acids is 2. The second-order valence-corrected chi connectivity index (χ2v) is 7.11. The first-order valence-corrected chi connectivity index (χ1v) is 8.98. The van der Waals surface area contributed by atoms with Crippen LogP contribution in [0.5, 0.6) is 5.75 Å². The molecule has 2 heterocycles. The minimum atomic E-state index is -4.82. The number of aryl methyl sites for hydroxylation is 1. The Morgan fingerprint density at radius 2 is 1.72 bits per heavy atom. The van der Waals surface area contributed by atoms with E-state index in [-0.39, 0.29) is 12.2 Å². The van der Waals surface area contributed by atoms with Gasteiger partial charge in [-0.1, -0.05) is 6.92 Å². The zero-order valence-electron chi connectivity index (χ0n) is 16.2. The van der Waals surface area contributed by atoms with Crippen molar-refractivity contribution in [1.29, 1.82) is 0 Å². The quantitative estimate of drug-likeness (QED) is 0.694. The summed E-state index contributed by atoms with van der Waals surface area (Å²) in [6.45, 7) is 5.47. The molecule has 0 saturated carbocycles. The molecule has 0 aliphatic carbocycles. The third-order valence-corrected chi connectivity index (χ3v) is 4.87. The van der Waals surface area contributed by atoms with Crippen LogP contribution in [-0.2, 0) is 17.8 Å². The van der Waals surface area contributed by atoms with Gasteiger partial charge < -0.3 is 9.64 Å². The fourth-order valence-corrected chi connectivity index (χ4v) is 3.22. The highest BCUT2D eigenvalue weighted by Gasteiger charge is 2.51. The fraction of sp³-hybridized carbons (Fsp3) is 0.350. The van der Waals surface area contributed by atoms with Gasteiger partial charge in [0, 0.05) is 18.9 Å². The predicted octanol–water partition coefficient (Wildman–Crippen LogP) is 4.29. The summed E-state index contributed by atoms with van der Waals surface area (Å²) >= 11 is 0. The molecule has 9 heteroatoms. The van der Waals surface area contributed by atoms with Crippen LogP contribution < -0.4 is 9.64 Å². The summed E-state index contributed by atoms with van der Waals surface area (Å²) in [7, 11) is 0. The van der Waals surface area contributed by atoms with Gasteiger partial charge in [0.05, 0.1) is 5.69 Å². The molecule has 0 unspecified atom stereocenters. The Balaban J connectivity index is 1.88. The number of hydrogen-bond donors (Lipinski definition) is 0. The molecule has 1 fully saturated rings. The van der Waals surface area contributed by atoms with Crippen LogP contribution in [-0.4, -0.2) is 33.7 Å². The highest BCUT2D eigenvalue weighted by molar-refractivity contribution is 6.22. The first-order valence-electron chi connectivity index (χ1n) is 8.98. The maximum Gasteiger partial charge on any atom is 0.573 e. The van der Waals surface area contributed by atoms with Crippen molar-refractivity contribution in [3.63, 3.8) is 0 Å². The molecule has 1 aromatic carbocycles. The topological polar surface area (TPSA) is 62.7 Å². The van der Waals surface area contributed by atoms with E-state index in [4.69, 9.17) is 0 Å². The third-order valence-electron chi connectivity index (χ3n) is 4.87. The molecule has 0 radical (unpaired) electrons. The van der Waals surface area contributed by atoms with Crippen molar-refractivity contribution in [3.8, 4) is 5.75 Å². The molecule has 3 amide bonds. The van der Waals surface area contributed by atoms with Crippen LogP contribution in [0.15, 0.2) is 42.7 Å². The van der Waals surface area contributed by atoms with Gasteiger partial charge in [-0.2, -0.15) is 0 Å². The Morgan fingerprint density at radius 3 is 2.31 bits per heavy atom. The number of anilines is 1. The Labute approximate surface area is 165 Å². The van der Waals surface area contributed by atoms with E-state index in [1.807, 2.05) is 6.92 Å². The number of pyridine rings is 1. The molecule has 154 valence electrons. The molecule has 1 aliphatic rings. The predicted molar refractivity (Wildman–Crippen MR) is 99.2 cm³/mol. The van der Waals surface area contributed by atoms with Crippen molar-refractivity contribution in [2.24, 2.45) is 0 Å². The van der Waals surface area contributed by atoms with E-state index >= 15 is 0 Å². The number of rotatable bonds is 5. The van der Waals surface area contributed by atoms with Gasteiger partial charge in [-0.05, 0) is 61.7 Å². The number of nitrogens with zero attached hydrogens (tertiary/aromatic N) is 3. The average molecular weight is 407 g/mol. The lowest BCUT2D eigenvalue weighted by Crippen LogP contribution is -2.43. The van der Waals surface area contributed by atoms with Crippen LogP contribution in [0, 0.1) is 0 Å². The van der Waals surface area contributed by atoms with Crippen molar-refractivity contribution in [3.05, 3.63) is 53.9 Å². The molecule has 6 nitrogen and oxygen atoms in total. The number of urea groups is 1. The largest absolute Gasteiger partial charge is 0.573 e. The second kappa shape index (κ2) is 7.38. The lowest BCUT2D eigenvalue weighted by molar-refractivity contribution is -0.274. The molecule has 1 saturated heterocycles. The van der Waals surface area contributed by atoms with Crippen molar-refractivity contribution in [2.45, 2.75) is 45.6 Å². The monoisotopic (exact) mass is 407 g/mol. The van der Waals surface area contributed by atoms with Gasteiger partial charge in [0.15, 0.2) is 0 Å². The molecule has 0 N–H and O–H groups in total. The maximum atomic E-state index is 13.1. The molecule has 0 spiro atoms. The summed E-state index contributed by atoms with van der Waals surface area (Å²) in [5.74, 6) is -0.889. The van der Waals surface area contributed by atoms with E-state index in [0.717, 1.165) is 34.6 Å². The van der Waals surface area contributed by atoms with Crippen molar-refractivity contribution in [1.82, 2.24) is 9.88 Å². The van der Waals surface area contributed by atoms with Gasteiger partial charge >= 0.3 is 12.4 Å². The van der Waals surface area contributed by atoms with Gasteiger partial charge in [-0.3, -0.25) is 9.78 Å². The number of imide groups is 1. The Hall–Kier alpha value is -3.10. The third kappa shape index (κ3) is 4.03. The Kier molecular flexibility index (Phi) is 5.25. The summed E-state index contributed by atoms with van der Waals surface area (Å²) in [4.78, 5) is 32.5. The van der Waals surface area contributed by atoms with E-state index in [2.05, 4.69) is 9.72 Å². The Morgan fingerprint density at radius 1 is 1.07 bits per heavy atom. The van der Waals surface area contributed by atoms with Crippen molar-refractivity contribution in [2.75, 3.05) is 4.90 Å². The van der Waals surface area contributed by atoms with Crippen LogP contribution >= 0.6 is 0 Å². The highest BCUT2D eigenvalue weighted by atomic mass is 19.4. The lowest BCUT2D eigenvalue weighted by Gasteiger charge is -2.28. The van der Waals surface area contributed by atoms with E-state index in [1.54, 1.807) is 32.3 Å². The summed E-state index contributed by atoms with van der Waals surface area (Å²) < 4.78 is 40.8. The van der Waals surface area contributed by atoms with Crippen LogP contribution in [0.3, 0.4) is 0 Å². The molecule has 1 aromatic heterocycles. The molecule has 0 bridgehead atoms. The molecule has 29 heavy (non-hydrogen) atoms. The molecular formula is C20H20F3N3O3. The number of aromatic nitrogens is 1. The summed E-state index contributed by atoms with van der Waals surface area (Å²) in [5, 5.41) is 0. The number of halogens is 3. The average Bonchev–Trinajstić information content (AvgIpc) is 2.81. The van der Waals surface area contributed by atoms with Crippen LogP contribution in [0.4, 0.5) is 23.7 Å². The van der Waals surface area contributed by atoms with E-state index in [1.165, 1.54) is 17.0 Å². The second-order valence-electron chi connectivity index (χ2n) is 7.11. The van der Waals surface area contributed by atoms with Gasteiger partial charge in [-0.25, -0.2) is 9.69 Å². The van der Waals surface area contributed by atoms with Crippen LogP contribution in [0.2, 0.25) is 0 Å². The number of ether oxygens (including phenoxy) is 1. The number of amides is 3. The van der Waals surface area contributed by atoms with Gasteiger partial charge in [-0.15, -0.1) is 13.2 Å². The van der Waals surface area contributed by atoms with Crippen molar-refractivity contribution < 1.29 is 27.5 Å². The maximum absolute atomic E-state index is 13.1. The first kappa shape index (κ1) is 20.6. The van der Waals surface area contributed by atoms with E-state index < -0.39 is 29.6 Å². The highest BCUT2D eigenvalue weighted by Crippen LogP contribution is 2.34. The van der Waals surface area contributed by atoms with E-state index in [9.17, 15) is 22.8 Å². The normalized spacial score (nSPS) is 16.5. The number of hydrogen-bond acceptors (Lipinski definition) is 4.